The van der Waals surface area contributed by atoms with Crippen LogP contribution < -0.4 is 0 Å². The van der Waals surface area contributed by atoms with Gasteiger partial charge in [-0.25, -0.2) is 0 Å². The van der Waals surface area contributed by atoms with E-state index >= 15 is 0 Å². The molecular weight excluding hydrogens is 218 g/mol. The first kappa shape index (κ1) is 12.6. The standard InChI is InChI=1S/C13H21NO3/c1-10(15)9-11-5-4-7-14(11)13(16)12-6-2-3-8-17-12/h11-12H,2-9H2,1H3. The molecule has 2 fully saturated rings. The maximum Gasteiger partial charge on any atom is 0.251 e. The van der Waals surface area contributed by atoms with Crippen LogP contribution in [-0.4, -0.2) is 41.9 Å². The molecule has 2 aliphatic heterocycles. The van der Waals surface area contributed by atoms with Crippen LogP contribution in [0.3, 0.4) is 0 Å². The van der Waals surface area contributed by atoms with Crippen molar-refractivity contribution < 1.29 is 14.3 Å². The SMILES string of the molecule is CC(=O)CC1CCCN1C(=O)C1CCCCO1. The molecule has 0 N–H and O–H groups in total. The van der Waals surface area contributed by atoms with E-state index in [2.05, 4.69) is 0 Å². The lowest BCUT2D eigenvalue weighted by molar-refractivity contribution is -0.147. The van der Waals surface area contributed by atoms with Crippen LogP contribution in [0.15, 0.2) is 0 Å². The molecule has 0 spiro atoms. The highest BCUT2D eigenvalue weighted by atomic mass is 16.5. The van der Waals surface area contributed by atoms with Gasteiger partial charge in [-0.2, -0.15) is 0 Å². The third kappa shape index (κ3) is 3.06. The summed E-state index contributed by atoms with van der Waals surface area (Å²) in [6.45, 7) is 3.08. The van der Waals surface area contributed by atoms with E-state index in [1.165, 1.54) is 0 Å². The van der Waals surface area contributed by atoms with E-state index < -0.39 is 0 Å². The smallest absolute Gasteiger partial charge is 0.251 e. The van der Waals surface area contributed by atoms with Gasteiger partial charge in [-0.05, 0) is 39.0 Å². The number of ether oxygens (including phenoxy) is 1. The van der Waals surface area contributed by atoms with E-state index in [0.29, 0.717) is 13.0 Å². The number of likely N-dealkylation sites (tertiary alicyclic amines) is 1. The lowest BCUT2D eigenvalue weighted by Gasteiger charge is -2.30. The molecule has 2 aliphatic rings. The summed E-state index contributed by atoms with van der Waals surface area (Å²) in [5.74, 6) is 0.271. The van der Waals surface area contributed by atoms with Gasteiger partial charge in [0.15, 0.2) is 0 Å². The van der Waals surface area contributed by atoms with E-state index in [4.69, 9.17) is 4.74 Å². The Kier molecular flexibility index (Phi) is 4.15. The molecule has 4 nitrogen and oxygen atoms in total. The molecule has 0 aromatic carbocycles. The molecule has 0 aromatic rings. The zero-order chi connectivity index (χ0) is 12.3. The monoisotopic (exact) mass is 239 g/mol. The molecule has 1 amide bonds. The number of ketones is 1. The number of nitrogens with zero attached hydrogens (tertiary/aromatic N) is 1. The van der Waals surface area contributed by atoms with Gasteiger partial charge in [0.1, 0.15) is 11.9 Å². The second-order valence-electron chi connectivity index (χ2n) is 5.09. The Labute approximate surface area is 102 Å². The Balaban J connectivity index is 1.94. The molecule has 0 aromatic heterocycles. The molecule has 4 heteroatoms. The van der Waals surface area contributed by atoms with Gasteiger partial charge in [-0.3, -0.25) is 9.59 Å². The van der Waals surface area contributed by atoms with Gasteiger partial charge in [0.05, 0.1) is 0 Å². The molecule has 0 aliphatic carbocycles. The zero-order valence-electron chi connectivity index (χ0n) is 10.5. The van der Waals surface area contributed by atoms with Crippen molar-refractivity contribution in [2.75, 3.05) is 13.2 Å². The van der Waals surface area contributed by atoms with Crippen LogP contribution >= 0.6 is 0 Å². The van der Waals surface area contributed by atoms with Crippen molar-refractivity contribution in [3.05, 3.63) is 0 Å². The molecule has 2 heterocycles. The van der Waals surface area contributed by atoms with Crippen LogP contribution in [0.2, 0.25) is 0 Å². The lowest BCUT2D eigenvalue weighted by atomic mass is 10.1. The molecule has 2 rings (SSSR count). The molecule has 2 atom stereocenters. The number of carbonyl (C=O) groups is 2. The summed E-state index contributed by atoms with van der Waals surface area (Å²) in [6.07, 6.45) is 5.17. The van der Waals surface area contributed by atoms with Gasteiger partial charge in [-0.15, -0.1) is 0 Å². The van der Waals surface area contributed by atoms with E-state index in [-0.39, 0.29) is 23.8 Å². The largest absolute Gasteiger partial charge is 0.368 e. The van der Waals surface area contributed by atoms with Crippen LogP contribution in [0.4, 0.5) is 0 Å². The second-order valence-corrected chi connectivity index (χ2v) is 5.09. The van der Waals surface area contributed by atoms with Crippen molar-refractivity contribution in [2.24, 2.45) is 0 Å². The Hall–Kier alpha value is -0.900. The maximum absolute atomic E-state index is 12.3. The number of amides is 1. The minimum absolute atomic E-state index is 0.105. The predicted octanol–water partition coefficient (Wildman–Crippen LogP) is 1.53. The van der Waals surface area contributed by atoms with E-state index in [9.17, 15) is 9.59 Å². The van der Waals surface area contributed by atoms with Crippen molar-refractivity contribution in [3.63, 3.8) is 0 Å². The summed E-state index contributed by atoms with van der Waals surface area (Å²) in [5.41, 5.74) is 0. The number of Topliss-reactive ketones (excluding diaryl/α,β-unsaturated/α-hetero) is 1. The fraction of sp³-hybridized carbons (Fsp3) is 0.846. The Morgan fingerprint density at radius 1 is 1.24 bits per heavy atom. The summed E-state index contributed by atoms with van der Waals surface area (Å²) in [4.78, 5) is 25.3. The first-order valence-corrected chi connectivity index (χ1v) is 6.60. The van der Waals surface area contributed by atoms with Gasteiger partial charge in [0.25, 0.3) is 5.91 Å². The quantitative estimate of drug-likeness (QED) is 0.750. The molecule has 96 valence electrons. The third-order valence-corrected chi connectivity index (χ3v) is 3.64. The van der Waals surface area contributed by atoms with Crippen molar-refractivity contribution in [1.82, 2.24) is 4.90 Å². The topological polar surface area (TPSA) is 46.6 Å². The number of hydrogen-bond donors (Lipinski definition) is 0. The minimum Gasteiger partial charge on any atom is -0.368 e. The van der Waals surface area contributed by atoms with E-state index in [0.717, 1.165) is 38.6 Å². The summed E-state index contributed by atoms with van der Waals surface area (Å²) in [6, 6.07) is 0.116. The Morgan fingerprint density at radius 3 is 2.71 bits per heavy atom. The average molecular weight is 239 g/mol. The number of hydrogen-bond acceptors (Lipinski definition) is 3. The highest BCUT2D eigenvalue weighted by Gasteiger charge is 2.34. The summed E-state index contributed by atoms with van der Waals surface area (Å²) >= 11 is 0. The van der Waals surface area contributed by atoms with E-state index in [1.807, 2.05) is 4.90 Å². The molecular formula is C13H21NO3. The van der Waals surface area contributed by atoms with Gasteiger partial charge in [-0.1, -0.05) is 0 Å². The molecule has 2 unspecified atom stereocenters. The van der Waals surface area contributed by atoms with Gasteiger partial charge >= 0.3 is 0 Å². The van der Waals surface area contributed by atoms with Crippen LogP contribution in [0.25, 0.3) is 0 Å². The molecule has 0 bridgehead atoms. The summed E-state index contributed by atoms with van der Waals surface area (Å²) < 4.78 is 5.53. The molecule has 17 heavy (non-hydrogen) atoms. The van der Waals surface area contributed by atoms with Crippen LogP contribution in [0.1, 0.15) is 45.4 Å². The Morgan fingerprint density at radius 2 is 2.06 bits per heavy atom. The van der Waals surface area contributed by atoms with Crippen molar-refractivity contribution >= 4 is 11.7 Å². The van der Waals surface area contributed by atoms with Crippen LogP contribution in [-0.2, 0) is 14.3 Å². The number of rotatable bonds is 3. The first-order chi connectivity index (χ1) is 8.18. The third-order valence-electron chi connectivity index (χ3n) is 3.64. The normalized spacial score (nSPS) is 29.4. The van der Waals surface area contributed by atoms with Gasteiger partial charge in [0, 0.05) is 25.6 Å². The Bertz CT molecular complexity index is 297. The van der Waals surface area contributed by atoms with Crippen LogP contribution in [0, 0.1) is 0 Å². The second kappa shape index (κ2) is 5.63. The fourth-order valence-electron chi connectivity index (χ4n) is 2.79. The highest BCUT2D eigenvalue weighted by molar-refractivity contribution is 5.83. The minimum atomic E-state index is -0.253. The lowest BCUT2D eigenvalue weighted by Crippen LogP contribution is -2.44. The summed E-state index contributed by atoms with van der Waals surface area (Å²) in [7, 11) is 0. The number of carbonyl (C=O) groups excluding carboxylic acids is 2. The summed E-state index contributed by atoms with van der Waals surface area (Å²) in [5, 5.41) is 0. The molecule has 2 saturated heterocycles. The maximum atomic E-state index is 12.3. The van der Waals surface area contributed by atoms with Crippen molar-refractivity contribution in [3.8, 4) is 0 Å². The van der Waals surface area contributed by atoms with Crippen LogP contribution in [0.5, 0.6) is 0 Å². The molecule has 0 radical (unpaired) electrons. The van der Waals surface area contributed by atoms with Crippen molar-refractivity contribution in [1.29, 1.82) is 0 Å². The highest BCUT2D eigenvalue weighted by Crippen LogP contribution is 2.24. The fourth-order valence-corrected chi connectivity index (χ4v) is 2.79. The van der Waals surface area contributed by atoms with Gasteiger partial charge in [0.2, 0.25) is 0 Å². The van der Waals surface area contributed by atoms with E-state index in [1.54, 1.807) is 6.92 Å². The molecule has 0 saturated carbocycles. The van der Waals surface area contributed by atoms with Crippen molar-refractivity contribution in [2.45, 2.75) is 57.6 Å². The predicted molar refractivity (Wildman–Crippen MR) is 63.6 cm³/mol. The van der Waals surface area contributed by atoms with Gasteiger partial charge < -0.3 is 9.64 Å². The first-order valence-electron chi connectivity index (χ1n) is 6.60. The average Bonchev–Trinajstić information content (AvgIpc) is 2.76. The zero-order valence-corrected chi connectivity index (χ0v) is 10.5.